The normalized spacial score (nSPS) is 47.0. The van der Waals surface area contributed by atoms with Crippen LogP contribution in [0.15, 0.2) is 0 Å². The molecule has 0 spiro atoms. The van der Waals surface area contributed by atoms with E-state index < -0.39 is 12.0 Å². The number of aliphatic hydroxyl groups is 1. The fourth-order valence-electron chi connectivity index (χ4n) is 1.92. The number of fused-ring (bicyclic) bond motifs is 1. The largest absolute Gasteiger partial charge is 0.480 e. The second-order valence-electron chi connectivity index (χ2n) is 3.54. The highest BCUT2D eigenvalue weighted by atomic mass is 16.4. The zero-order valence-electron chi connectivity index (χ0n) is 6.08. The molecule has 2 rings (SSSR count). The molecule has 1 saturated heterocycles. The third-order valence-corrected chi connectivity index (χ3v) is 2.82. The molecule has 2 aliphatic rings. The van der Waals surface area contributed by atoms with Crippen molar-refractivity contribution in [3.63, 3.8) is 0 Å². The van der Waals surface area contributed by atoms with Gasteiger partial charge in [-0.2, -0.15) is 0 Å². The van der Waals surface area contributed by atoms with Crippen molar-refractivity contribution >= 4 is 5.97 Å². The molecule has 0 aromatic heterocycles. The lowest BCUT2D eigenvalue weighted by atomic mass is 10.0. The molecule has 0 aromatic rings. The molecule has 2 fully saturated rings. The first kappa shape index (κ1) is 7.06. The van der Waals surface area contributed by atoms with Gasteiger partial charge in [-0.25, -0.2) is 0 Å². The average Bonchev–Trinajstić information content (AvgIpc) is 2.55. The minimum absolute atomic E-state index is 0.0803. The second-order valence-corrected chi connectivity index (χ2v) is 3.54. The molecule has 1 heterocycles. The van der Waals surface area contributed by atoms with Crippen molar-refractivity contribution in [1.29, 1.82) is 0 Å². The summed E-state index contributed by atoms with van der Waals surface area (Å²) in [6.45, 7) is 0.119. The number of carbonyl (C=O) groups is 1. The lowest BCUT2D eigenvalue weighted by Crippen LogP contribution is -2.33. The molecule has 3 N–H and O–H groups in total. The molecular weight excluding hydrogens is 146 g/mol. The van der Waals surface area contributed by atoms with E-state index in [2.05, 4.69) is 5.32 Å². The van der Waals surface area contributed by atoms with Crippen molar-refractivity contribution < 1.29 is 15.0 Å². The maximum atomic E-state index is 10.5. The van der Waals surface area contributed by atoms with Crippen LogP contribution in [0.1, 0.15) is 12.8 Å². The van der Waals surface area contributed by atoms with E-state index in [1.807, 2.05) is 0 Å². The summed E-state index contributed by atoms with van der Waals surface area (Å²) in [6.07, 6.45) is 1.52. The van der Waals surface area contributed by atoms with Crippen molar-refractivity contribution in [2.75, 3.05) is 6.61 Å². The predicted octanol–water partition coefficient (Wildman–Crippen LogP) is -0.816. The molecule has 3 atom stereocenters. The van der Waals surface area contributed by atoms with Crippen LogP contribution in [0.5, 0.6) is 0 Å². The van der Waals surface area contributed by atoms with E-state index in [0.29, 0.717) is 6.42 Å². The van der Waals surface area contributed by atoms with Gasteiger partial charge in [-0.1, -0.05) is 0 Å². The Hall–Kier alpha value is -0.610. The lowest BCUT2D eigenvalue weighted by Gasteiger charge is -2.09. The molecule has 1 aliphatic heterocycles. The van der Waals surface area contributed by atoms with E-state index in [1.54, 1.807) is 0 Å². The third-order valence-electron chi connectivity index (χ3n) is 2.82. The van der Waals surface area contributed by atoms with Crippen LogP contribution in [0, 0.1) is 5.41 Å². The monoisotopic (exact) mass is 157 g/mol. The molecule has 0 aromatic carbocycles. The molecule has 11 heavy (non-hydrogen) atoms. The van der Waals surface area contributed by atoms with Crippen LogP contribution in [-0.4, -0.2) is 34.9 Å². The highest BCUT2D eigenvalue weighted by Crippen LogP contribution is 2.53. The van der Waals surface area contributed by atoms with Gasteiger partial charge < -0.3 is 15.5 Å². The van der Waals surface area contributed by atoms with Gasteiger partial charge in [0.2, 0.25) is 0 Å². The van der Waals surface area contributed by atoms with Crippen LogP contribution in [-0.2, 0) is 4.79 Å². The van der Waals surface area contributed by atoms with Crippen LogP contribution in [0.25, 0.3) is 0 Å². The summed E-state index contributed by atoms with van der Waals surface area (Å²) in [5.74, 6) is -0.801. The summed E-state index contributed by atoms with van der Waals surface area (Å²) >= 11 is 0. The molecule has 4 nitrogen and oxygen atoms in total. The number of piperidine rings is 1. The number of hydrogen-bond acceptors (Lipinski definition) is 3. The first-order valence-corrected chi connectivity index (χ1v) is 3.78. The lowest BCUT2D eigenvalue weighted by molar-refractivity contribution is -0.139. The van der Waals surface area contributed by atoms with Gasteiger partial charge in [0.25, 0.3) is 0 Å². The van der Waals surface area contributed by atoms with Crippen LogP contribution < -0.4 is 5.32 Å². The van der Waals surface area contributed by atoms with Gasteiger partial charge in [0.15, 0.2) is 0 Å². The number of aliphatic hydroxyl groups excluding tert-OH is 1. The van der Waals surface area contributed by atoms with E-state index in [-0.39, 0.29) is 18.1 Å². The molecule has 1 saturated carbocycles. The molecule has 0 radical (unpaired) electrons. The zero-order valence-corrected chi connectivity index (χ0v) is 6.08. The standard InChI is InChI=1S/C7H11NO3/c9-3-7-1-4(6(10)11)8-5(7)2-7/h4-5,8-9H,1-3H2,(H,10,11)/t4-,5?,7+/m0/s1. The Kier molecular flexibility index (Phi) is 1.25. The van der Waals surface area contributed by atoms with Crippen molar-refractivity contribution in [3.8, 4) is 0 Å². The minimum Gasteiger partial charge on any atom is -0.480 e. The summed E-state index contributed by atoms with van der Waals surface area (Å²) in [6, 6.07) is -0.172. The Morgan fingerprint density at radius 1 is 1.64 bits per heavy atom. The van der Waals surface area contributed by atoms with Gasteiger partial charge in [0.05, 0.1) is 6.61 Å². The van der Waals surface area contributed by atoms with Gasteiger partial charge in [-0.15, -0.1) is 0 Å². The molecule has 0 amide bonds. The second kappa shape index (κ2) is 1.95. The maximum absolute atomic E-state index is 10.5. The highest BCUT2D eigenvalue weighted by molar-refractivity contribution is 5.74. The van der Waals surface area contributed by atoms with Gasteiger partial charge in [0.1, 0.15) is 6.04 Å². The van der Waals surface area contributed by atoms with Gasteiger partial charge >= 0.3 is 5.97 Å². The molecular formula is C7H11NO3. The number of aliphatic carboxylic acids is 1. The van der Waals surface area contributed by atoms with Crippen molar-refractivity contribution in [3.05, 3.63) is 0 Å². The smallest absolute Gasteiger partial charge is 0.320 e. The number of rotatable bonds is 2. The number of nitrogens with one attached hydrogen (secondary N) is 1. The summed E-state index contributed by atoms with van der Waals surface area (Å²) in [7, 11) is 0. The number of carboxylic acid groups (broad SMARTS) is 1. The van der Waals surface area contributed by atoms with E-state index in [0.717, 1.165) is 6.42 Å². The Balaban J connectivity index is 2.02. The Labute approximate surface area is 64.2 Å². The van der Waals surface area contributed by atoms with Crippen LogP contribution in [0.3, 0.4) is 0 Å². The zero-order chi connectivity index (χ0) is 8.06. The van der Waals surface area contributed by atoms with Crippen molar-refractivity contribution in [1.82, 2.24) is 5.32 Å². The molecule has 62 valence electrons. The molecule has 0 bridgehead atoms. The van der Waals surface area contributed by atoms with E-state index in [9.17, 15) is 4.79 Å². The quantitative estimate of drug-likeness (QED) is 0.490. The fourth-order valence-corrected chi connectivity index (χ4v) is 1.92. The van der Waals surface area contributed by atoms with Gasteiger partial charge in [0, 0.05) is 11.5 Å². The van der Waals surface area contributed by atoms with Crippen LogP contribution >= 0.6 is 0 Å². The van der Waals surface area contributed by atoms with Gasteiger partial charge in [-0.05, 0) is 12.8 Å². The Bertz CT molecular complexity index is 202. The maximum Gasteiger partial charge on any atom is 0.320 e. The van der Waals surface area contributed by atoms with E-state index in [4.69, 9.17) is 10.2 Å². The molecule has 4 heteroatoms. The summed E-state index contributed by atoms with van der Waals surface area (Å²) in [4.78, 5) is 10.5. The van der Waals surface area contributed by atoms with Crippen LogP contribution in [0.2, 0.25) is 0 Å². The average molecular weight is 157 g/mol. The molecule has 1 unspecified atom stereocenters. The van der Waals surface area contributed by atoms with E-state index in [1.165, 1.54) is 0 Å². The van der Waals surface area contributed by atoms with E-state index >= 15 is 0 Å². The highest BCUT2D eigenvalue weighted by Gasteiger charge is 2.61. The van der Waals surface area contributed by atoms with Crippen molar-refractivity contribution in [2.24, 2.45) is 5.41 Å². The van der Waals surface area contributed by atoms with Gasteiger partial charge in [-0.3, -0.25) is 4.79 Å². The number of hydrogen-bond donors (Lipinski definition) is 3. The molecule has 1 aliphatic carbocycles. The first-order chi connectivity index (χ1) is 5.18. The summed E-state index contributed by atoms with van der Waals surface area (Å²) in [5, 5.41) is 20.5. The summed E-state index contributed by atoms with van der Waals surface area (Å²) < 4.78 is 0. The first-order valence-electron chi connectivity index (χ1n) is 3.78. The predicted molar refractivity (Wildman–Crippen MR) is 37.1 cm³/mol. The SMILES string of the molecule is O=C(O)[C@@H]1C[C@]2(CO)CC2N1. The van der Waals surface area contributed by atoms with Crippen molar-refractivity contribution in [2.45, 2.75) is 24.9 Å². The minimum atomic E-state index is -0.801. The van der Waals surface area contributed by atoms with Crippen LogP contribution in [0.4, 0.5) is 0 Å². The fraction of sp³-hybridized carbons (Fsp3) is 0.857. The summed E-state index contributed by atoms with van der Waals surface area (Å²) in [5.41, 5.74) is -0.0803. The third kappa shape index (κ3) is 0.862. The topological polar surface area (TPSA) is 69.6 Å². The number of carboxylic acids is 1. The Morgan fingerprint density at radius 3 is 2.73 bits per heavy atom. The Morgan fingerprint density at radius 2 is 2.36 bits per heavy atom.